The van der Waals surface area contributed by atoms with Gasteiger partial charge in [0.2, 0.25) is 0 Å². The quantitative estimate of drug-likeness (QED) is 0.296. The average Bonchev–Trinajstić information content (AvgIpc) is 2.83. The average molecular weight is 440 g/mol. The lowest BCUT2D eigenvalue weighted by Crippen LogP contribution is -2.14. The van der Waals surface area contributed by atoms with Crippen molar-refractivity contribution in [2.45, 2.75) is 17.3 Å². The van der Waals surface area contributed by atoms with Crippen LogP contribution >= 0.6 is 11.8 Å². The smallest absolute Gasteiger partial charge is 0.258 e. The largest absolute Gasteiger partial charge is 0.369 e. The van der Waals surface area contributed by atoms with E-state index in [1.54, 1.807) is 12.3 Å². The van der Waals surface area contributed by atoms with Gasteiger partial charge in [-0.2, -0.15) is 0 Å². The van der Waals surface area contributed by atoms with Gasteiger partial charge in [-0.25, -0.2) is 15.0 Å². The molecule has 0 radical (unpaired) electrons. The van der Waals surface area contributed by atoms with Crippen LogP contribution in [-0.2, 0) is 12.2 Å². The topological polar surface area (TPSA) is 72.2 Å². The molecule has 0 bridgehead atoms. The van der Waals surface area contributed by atoms with Gasteiger partial charge >= 0.3 is 0 Å². The van der Waals surface area contributed by atoms with Crippen molar-refractivity contribution in [1.82, 2.24) is 19.4 Å². The second-order valence-electron chi connectivity index (χ2n) is 7.34. The van der Waals surface area contributed by atoms with E-state index in [1.807, 2.05) is 48.5 Å². The highest BCUT2D eigenvalue weighted by molar-refractivity contribution is 7.98. The molecule has 0 amide bonds. The highest BCUT2D eigenvalue weighted by Crippen LogP contribution is 2.26. The zero-order valence-electron chi connectivity index (χ0n) is 17.3. The Labute approximate surface area is 189 Å². The molecule has 158 valence electrons. The van der Waals surface area contributed by atoms with Crippen molar-refractivity contribution in [3.8, 4) is 0 Å². The molecule has 0 aliphatic rings. The van der Waals surface area contributed by atoms with E-state index in [2.05, 4.69) is 34.6 Å². The first-order valence-corrected chi connectivity index (χ1v) is 11.4. The van der Waals surface area contributed by atoms with Gasteiger partial charge < -0.3 is 5.32 Å². The van der Waals surface area contributed by atoms with Crippen LogP contribution in [0.25, 0.3) is 16.6 Å². The molecule has 0 spiro atoms. The SMILES string of the molecule is O=c1cc(CSc2nc(NCCc3ccccc3)c3ccccc3n2)nc2ccccn12. The molecule has 0 saturated heterocycles. The Morgan fingerprint density at radius 2 is 1.69 bits per heavy atom. The van der Waals surface area contributed by atoms with Crippen molar-refractivity contribution in [3.05, 3.63) is 107 Å². The molecule has 0 unspecified atom stereocenters. The van der Waals surface area contributed by atoms with E-state index in [1.165, 1.54) is 21.7 Å². The fraction of sp³-hybridized carbons (Fsp3) is 0.120. The van der Waals surface area contributed by atoms with Crippen LogP contribution in [0.2, 0.25) is 0 Å². The predicted molar refractivity (Wildman–Crippen MR) is 129 cm³/mol. The Morgan fingerprint density at radius 1 is 0.875 bits per heavy atom. The summed E-state index contributed by atoms with van der Waals surface area (Å²) < 4.78 is 1.54. The molecule has 3 heterocycles. The summed E-state index contributed by atoms with van der Waals surface area (Å²) in [6, 6.07) is 25.5. The Balaban J connectivity index is 1.36. The Hall–Kier alpha value is -3.71. The second-order valence-corrected chi connectivity index (χ2v) is 8.28. The normalized spacial score (nSPS) is 11.1. The van der Waals surface area contributed by atoms with E-state index in [0.717, 1.165) is 29.7 Å². The van der Waals surface area contributed by atoms with Crippen LogP contribution in [0.1, 0.15) is 11.3 Å². The van der Waals surface area contributed by atoms with Crippen LogP contribution in [0.4, 0.5) is 5.82 Å². The van der Waals surface area contributed by atoms with E-state index in [0.29, 0.717) is 22.3 Å². The lowest BCUT2D eigenvalue weighted by molar-refractivity contribution is 0.959. The van der Waals surface area contributed by atoms with Crippen LogP contribution in [0, 0.1) is 0 Å². The van der Waals surface area contributed by atoms with Gasteiger partial charge in [0.1, 0.15) is 11.5 Å². The molecular weight excluding hydrogens is 418 g/mol. The molecular formula is C25H21N5OS. The fourth-order valence-corrected chi connectivity index (χ4v) is 4.28. The Morgan fingerprint density at radius 3 is 2.59 bits per heavy atom. The number of benzene rings is 2. The number of rotatable bonds is 7. The number of anilines is 1. The van der Waals surface area contributed by atoms with Gasteiger partial charge in [0.15, 0.2) is 5.16 Å². The molecule has 32 heavy (non-hydrogen) atoms. The Kier molecular flexibility index (Phi) is 5.81. The summed E-state index contributed by atoms with van der Waals surface area (Å²) in [6.45, 7) is 0.776. The molecule has 3 aromatic heterocycles. The number of hydrogen-bond donors (Lipinski definition) is 1. The maximum absolute atomic E-state index is 12.3. The number of thioether (sulfide) groups is 1. The summed E-state index contributed by atoms with van der Waals surface area (Å²) in [4.78, 5) is 26.4. The van der Waals surface area contributed by atoms with E-state index in [-0.39, 0.29) is 5.56 Å². The molecule has 7 heteroatoms. The number of nitrogens with zero attached hydrogens (tertiary/aromatic N) is 4. The minimum atomic E-state index is -0.0890. The standard InChI is InChI=1S/C25H21N5OS/c31-23-16-19(27-22-12-6-7-15-30(22)23)17-32-25-28-21-11-5-4-10-20(21)24(29-25)26-14-13-18-8-2-1-3-9-18/h1-12,15-16H,13-14,17H2,(H,26,28,29). The van der Waals surface area contributed by atoms with Crippen molar-refractivity contribution in [2.24, 2.45) is 0 Å². The lowest BCUT2D eigenvalue weighted by Gasteiger charge is -2.11. The highest BCUT2D eigenvalue weighted by Gasteiger charge is 2.10. The molecule has 5 rings (SSSR count). The predicted octanol–water partition coefficient (Wildman–Crippen LogP) is 4.58. The van der Waals surface area contributed by atoms with Gasteiger partial charge in [-0.05, 0) is 36.2 Å². The minimum Gasteiger partial charge on any atom is -0.369 e. The molecule has 1 N–H and O–H groups in total. The van der Waals surface area contributed by atoms with Crippen molar-refractivity contribution in [3.63, 3.8) is 0 Å². The summed E-state index contributed by atoms with van der Waals surface area (Å²) in [7, 11) is 0. The van der Waals surface area contributed by atoms with Crippen molar-refractivity contribution in [1.29, 1.82) is 0 Å². The molecule has 5 aromatic rings. The summed E-state index contributed by atoms with van der Waals surface area (Å²) in [6.07, 6.45) is 2.63. The van der Waals surface area contributed by atoms with Crippen molar-refractivity contribution in [2.75, 3.05) is 11.9 Å². The van der Waals surface area contributed by atoms with Gasteiger partial charge in [-0.3, -0.25) is 9.20 Å². The molecule has 6 nitrogen and oxygen atoms in total. The van der Waals surface area contributed by atoms with Crippen LogP contribution in [-0.4, -0.2) is 25.9 Å². The van der Waals surface area contributed by atoms with Crippen LogP contribution in [0.5, 0.6) is 0 Å². The molecule has 0 aliphatic carbocycles. The minimum absolute atomic E-state index is 0.0890. The highest BCUT2D eigenvalue weighted by atomic mass is 32.2. The first-order chi connectivity index (χ1) is 15.8. The monoisotopic (exact) mass is 439 g/mol. The van der Waals surface area contributed by atoms with Crippen LogP contribution in [0.15, 0.2) is 95.0 Å². The fourth-order valence-electron chi connectivity index (χ4n) is 3.54. The van der Waals surface area contributed by atoms with Gasteiger partial charge in [0.05, 0.1) is 11.2 Å². The van der Waals surface area contributed by atoms with Crippen LogP contribution in [0.3, 0.4) is 0 Å². The third kappa shape index (κ3) is 4.48. The number of pyridine rings is 1. The number of aromatic nitrogens is 4. The zero-order valence-corrected chi connectivity index (χ0v) is 18.1. The second kappa shape index (κ2) is 9.20. The van der Waals surface area contributed by atoms with Gasteiger partial charge in [-0.1, -0.05) is 60.3 Å². The first-order valence-electron chi connectivity index (χ1n) is 10.4. The maximum atomic E-state index is 12.3. The molecule has 0 aliphatic heterocycles. The zero-order chi connectivity index (χ0) is 21.8. The van der Waals surface area contributed by atoms with Crippen molar-refractivity contribution >= 4 is 34.1 Å². The summed E-state index contributed by atoms with van der Waals surface area (Å²) in [5.74, 6) is 1.34. The molecule has 0 fully saturated rings. The van der Waals surface area contributed by atoms with Gasteiger partial charge in [0, 0.05) is 29.9 Å². The first kappa shape index (κ1) is 20.2. The number of para-hydroxylation sites is 1. The number of nitrogens with one attached hydrogen (secondary N) is 1. The van der Waals surface area contributed by atoms with E-state index < -0.39 is 0 Å². The Bertz CT molecular complexity index is 1440. The maximum Gasteiger partial charge on any atom is 0.258 e. The molecule has 2 aromatic carbocycles. The summed E-state index contributed by atoms with van der Waals surface area (Å²) in [5, 5.41) is 5.12. The lowest BCUT2D eigenvalue weighted by atomic mass is 10.1. The summed E-state index contributed by atoms with van der Waals surface area (Å²) in [5.41, 5.74) is 3.43. The van der Waals surface area contributed by atoms with E-state index in [4.69, 9.17) is 9.97 Å². The number of hydrogen-bond acceptors (Lipinski definition) is 6. The third-order valence-corrected chi connectivity index (χ3v) is 5.99. The van der Waals surface area contributed by atoms with Gasteiger partial charge in [-0.15, -0.1) is 0 Å². The number of fused-ring (bicyclic) bond motifs is 2. The summed E-state index contributed by atoms with van der Waals surface area (Å²) >= 11 is 1.48. The molecule has 0 atom stereocenters. The third-order valence-electron chi connectivity index (χ3n) is 5.10. The van der Waals surface area contributed by atoms with E-state index in [9.17, 15) is 4.79 Å². The van der Waals surface area contributed by atoms with Crippen molar-refractivity contribution < 1.29 is 0 Å². The van der Waals surface area contributed by atoms with E-state index >= 15 is 0 Å². The van der Waals surface area contributed by atoms with Gasteiger partial charge in [0.25, 0.3) is 5.56 Å². The van der Waals surface area contributed by atoms with Crippen LogP contribution < -0.4 is 10.9 Å². The molecule has 0 saturated carbocycles.